The fourth-order valence-electron chi connectivity index (χ4n) is 4.03. The van der Waals surface area contributed by atoms with Gasteiger partial charge in [-0.25, -0.2) is 9.79 Å². The molecule has 18 heteroatoms. The van der Waals surface area contributed by atoms with Crippen LogP contribution in [0.2, 0.25) is 0 Å². The zero-order chi connectivity index (χ0) is 27.1. The number of nitrogens with one attached hydrogen (secondary N) is 3. The third-order valence-corrected chi connectivity index (χ3v) is 7.45. The monoisotopic (exact) mass is 651 g/mol. The van der Waals surface area contributed by atoms with Gasteiger partial charge >= 0.3 is 5.69 Å². The predicted molar refractivity (Wildman–Crippen MR) is 132 cm³/mol. The summed E-state index contributed by atoms with van der Waals surface area (Å²) in [5, 5.41) is 47.1. The first kappa shape index (κ1) is 27.7. The lowest BCUT2D eigenvalue weighted by atomic mass is 10.1. The van der Waals surface area contributed by atoms with E-state index in [-0.39, 0.29) is 42.3 Å². The van der Waals surface area contributed by atoms with E-state index in [0.717, 1.165) is 0 Å². The highest BCUT2D eigenvalue weighted by atomic mass is 79.9. The van der Waals surface area contributed by atoms with Crippen LogP contribution in [0.15, 0.2) is 30.2 Å². The number of aliphatic imine (C=N–C) groups is 2. The summed E-state index contributed by atoms with van der Waals surface area (Å²) < 4.78 is 10.8. The van der Waals surface area contributed by atoms with E-state index in [9.17, 15) is 24.6 Å². The molecular formula is C19H23Br2N7O9. The summed E-state index contributed by atoms with van der Waals surface area (Å²) in [7, 11) is 0. The lowest BCUT2D eigenvalue weighted by molar-refractivity contribution is -0.120. The summed E-state index contributed by atoms with van der Waals surface area (Å²) in [5.41, 5.74) is -1.14. The zero-order valence-corrected chi connectivity index (χ0v) is 22.0. The van der Waals surface area contributed by atoms with Crippen LogP contribution in [0.25, 0.3) is 0 Å². The minimum atomic E-state index is -1.37. The standard InChI is InChI=1S/C10H12BrN5O4.C9H11BrN2O5/c11-10-7(14-9(12)15-8(10)19)16(3-13-10)6-1-4(18)5(2-17)20-6;10-4-2-12(9(16)11-8(4)15)7-1-5(14)6(3-13)17-7/h3-6,17-18H,1-2H2,(H2,12,15,19);2,5-7,13-14H,1,3H2,(H,11,15,16)/t4-,5+,6+,10?;5-,6+,7+/m00/s1. The van der Waals surface area contributed by atoms with E-state index in [1.54, 1.807) is 0 Å². The number of fused-ring (bicyclic) bond motifs is 1. The number of H-pyrrole nitrogens is 1. The summed E-state index contributed by atoms with van der Waals surface area (Å²) >= 11 is 6.21. The molecule has 7 N–H and O–H groups in total. The first-order valence-electron chi connectivity index (χ1n) is 10.9. The Balaban J connectivity index is 0.000000176. The average molecular weight is 653 g/mol. The van der Waals surface area contributed by atoms with Crippen LogP contribution in [-0.4, -0.2) is 107 Å². The van der Waals surface area contributed by atoms with Gasteiger partial charge in [0.1, 0.15) is 24.7 Å². The molecule has 4 aliphatic heterocycles. The van der Waals surface area contributed by atoms with Crippen molar-refractivity contribution in [2.24, 2.45) is 9.98 Å². The van der Waals surface area contributed by atoms with E-state index < -0.39 is 58.5 Å². The zero-order valence-electron chi connectivity index (χ0n) is 18.8. The van der Waals surface area contributed by atoms with E-state index in [0.29, 0.717) is 0 Å². The molecule has 0 bridgehead atoms. The number of amides is 1. The highest BCUT2D eigenvalue weighted by molar-refractivity contribution is 9.10. The van der Waals surface area contributed by atoms with Crippen LogP contribution in [0.4, 0.5) is 0 Å². The van der Waals surface area contributed by atoms with Gasteiger partial charge < -0.3 is 29.9 Å². The van der Waals surface area contributed by atoms with E-state index in [1.165, 1.54) is 22.0 Å². The number of aliphatic hydroxyl groups excluding tert-OH is 4. The molecule has 0 spiro atoms. The van der Waals surface area contributed by atoms with Gasteiger partial charge in [-0.05, 0) is 31.9 Å². The molecular weight excluding hydrogens is 630 g/mol. The smallest absolute Gasteiger partial charge is 0.330 e. The van der Waals surface area contributed by atoms with Crippen molar-refractivity contribution in [3.8, 4) is 0 Å². The number of aliphatic hydroxyl groups is 4. The molecule has 202 valence electrons. The molecule has 5 heterocycles. The lowest BCUT2D eigenvalue weighted by Crippen LogP contribution is -2.56. The van der Waals surface area contributed by atoms with Crippen LogP contribution in [0.5, 0.6) is 0 Å². The molecule has 4 aliphatic rings. The Morgan fingerprint density at radius 1 is 1.11 bits per heavy atom. The molecule has 1 aromatic rings. The van der Waals surface area contributed by atoms with Crippen LogP contribution in [0, 0.1) is 5.41 Å². The fourth-order valence-corrected chi connectivity index (χ4v) is 4.83. The number of nitrogens with zero attached hydrogens (tertiary/aromatic N) is 4. The maximum atomic E-state index is 11.9. The van der Waals surface area contributed by atoms with Crippen LogP contribution >= 0.6 is 31.9 Å². The largest absolute Gasteiger partial charge is 0.394 e. The Bertz CT molecular complexity index is 1250. The SMILES string of the molecule is N=C1N=C2N([C@H]3C[C@H](O)[C@@H](CO)O3)C=NC2(Br)C(=O)N1.O=c1[nH]c(=O)n([C@H]2C[C@H](O)[C@@H](CO)O2)cc1Br. The molecule has 1 unspecified atom stereocenters. The first-order chi connectivity index (χ1) is 17.5. The van der Waals surface area contributed by atoms with E-state index in [4.69, 9.17) is 25.1 Å². The third kappa shape index (κ3) is 5.32. The maximum Gasteiger partial charge on any atom is 0.330 e. The second-order valence-corrected chi connectivity index (χ2v) is 10.4. The number of carbonyl (C=O) groups excluding carboxylic acids is 1. The second kappa shape index (κ2) is 10.8. The van der Waals surface area contributed by atoms with Gasteiger partial charge in [0.2, 0.25) is 5.96 Å². The second-order valence-electron chi connectivity index (χ2n) is 8.39. The predicted octanol–water partition coefficient (Wildman–Crippen LogP) is -2.71. The number of alkyl halides is 1. The lowest BCUT2D eigenvalue weighted by Gasteiger charge is -2.30. The molecule has 0 aliphatic carbocycles. The molecule has 0 radical (unpaired) electrons. The summed E-state index contributed by atoms with van der Waals surface area (Å²) in [5.74, 6) is -0.585. The molecule has 7 atom stereocenters. The van der Waals surface area contributed by atoms with Crippen molar-refractivity contribution in [3.05, 3.63) is 31.5 Å². The van der Waals surface area contributed by atoms with Crippen molar-refractivity contribution in [2.45, 2.75) is 54.2 Å². The molecule has 0 saturated carbocycles. The summed E-state index contributed by atoms with van der Waals surface area (Å²) in [6.45, 7) is -0.623. The fraction of sp³-hybridized carbons (Fsp3) is 0.579. The van der Waals surface area contributed by atoms with E-state index in [1.807, 2.05) is 0 Å². The number of ether oxygens (including phenoxy) is 2. The van der Waals surface area contributed by atoms with Crippen molar-refractivity contribution in [2.75, 3.05) is 13.2 Å². The number of aromatic nitrogens is 2. The first-order valence-corrected chi connectivity index (χ1v) is 12.5. The molecule has 0 aromatic carbocycles. The summed E-state index contributed by atoms with van der Waals surface area (Å²) in [6, 6.07) is 0. The van der Waals surface area contributed by atoms with Gasteiger partial charge in [-0.15, -0.1) is 0 Å². The molecule has 37 heavy (non-hydrogen) atoms. The number of rotatable bonds is 4. The number of halogens is 2. The average Bonchev–Trinajstić information content (AvgIpc) is 3.51. The quantitative estimate of drug-likeness (QED) is 0.131. The van der Waals surface area contributed by atoms with Gasteiger partial charge in [0.25, 0.3) is 15.9 Å². The van der Waals surface area contributed by atoms with E-state index >= 15 is 0 Å². The molecule has 1 amide bonds. The number of aromatic amines is 1. The van der Waals surface area contributed by atoms with Crippen molar-refractivity contribution < 1.29 is 34.7 Å². The van der Waals surface area contributed by atoms with Crippen LogP contribution < -0.4 is 16.6 Å². The summed E-state index contributed by atoms with van der Waals surface area (Å²) in [6.07, 6.45) is -1.21. The Hall–Kier alpha value is -2.32. The highest BCUT2D eigenvalue weighted by Crippen LogP contribution is 2.34. The number of guanidine groups is 1. The van der Waals surface area contributed by atoms with Crippen LogP contribution in [-0.2, 0) is 14.3 Å². The molecule has 5 rings (SSSR count). The molecule has 16 nitrogen and oxygen atoms in total. The van der Waals surface area contributed by atoms with E-state index in [2.05, 4.69) is 52.1 Å². The number of hydrogen-bond donors (Lipinski definition) is 7. The van der Waals surface area contributed by atoms with Crippen molar-refractivity contribution in [1.82, 2.24) is 19.8 Å². The van der Waals surface area contributed by atoms with Gasteiger partial charge in [-0.3, -0.25) is 34.8 Å². The molecule has 2 fully saturated rings. The molecule has 1 aromatic heterocycles. The van der Waals surface area contributed by atoms with Gasteiger partial charge in [-0.2, -0.15) is 4.99 Å². The Kier molecular flexibility index (Phi) is 8.10. The van der Waals surface area contributed by atoms with Gasteiger partial charge in [0.15, 0.2) is 5.84 Å². The highest BCUT2D eigenvalue weighted by Gasteiger charge is 2.53. The number of carbonyl (C=O) groups is 1. The minimum Gasteiger partial charge on any atom is -0.394 e. The van der Waals surface area contributed by atoms with Crippen LogP contribution in [0.3, 0.4) is 0 Å². The van der Waals surface area contributed by atoms with Crippen LogP contribution in [0.1, 0.15) is 19.1 Å². The summed E-state index contributed by atoms with van der Waals surface area (Å²) in [4.78, 5) is 46.2. The Morgan fingerprint density at radius 2 is 1.70 bits per heavy atom. The maximum absolute atomic E-state index is 11.9. The van der Waals surface area contributed by atoms with Crippen molar-refractivity contribution in [1.29, 1.82) is 5.41 Å². The topological polar surface area (TPSA) is 235 Å². The number of hydrogen-bond acceptors (Lipinski definition) is 12. The Morgan fingerprint density at radius 3 is 2.30 bits per heavy atom. The van der Waals surface area contributed by atoms with Crippen molar-refractivity contribution >= 4 is 55.9 Å². The third-order valence-electron chi connectivity index (χ3n) is 5.96. The Labute approximate surface area is 224 Å². The van der Waals surface area contributed by atoms with Gasteiger partial charge in [-0.1, -0.05) is 0 Å². The van der Waals surface area contributed by atoms with Crippen molar-refractivity contribution in [3.63, 3.8) is 0 Å². The molecule has 2 saturated heterocycles. The number of amidine groups is 1. The van der Waals surface area contributed by atoms with Gasteiger partial charge in [0.05, 0.1) is 36.2 Å². The minimum absolute atomic E-state index is 0.184. The van der Waals surface area contributed by atoms with Gasteiger partial charge in [0, 0.05) is 19.0 Å². The normalized spacial score (nSPS) is 34.6.